The van der Waals surface area contributed by atoms with Crippen molar-refractivity contribution in [2.75, 3.05) is 24.7 Å². The second kappa shape index (κ2) is 9.99. The fourth-order valence-corrected chi connectivity index (χ4v) is 2.99. The van der Waals surface area contributed by atoms with Crippen molar-refractivity contribution in [2.24, 2.45) is 0 Å². The topological polar surface area (TPSA) is 94.2 Å². The number of hydrogen-bond donors (Lipinski definition) is 1. The van der Waals surface area contributed by atoms with E-state index in [9.17, 15) is 14.4 Å². The van der Waals surface area contributed by atoms with Gasteiger partial charge in [0.05, 0.1) is 18.9 Å². The maximum atomic E-state index is 12.8. The van der Waals surface area contributed by atoms with Crippen molar-refractivity contribution in [1.29, 1.82) is 0 Å². The van der Waals surface area contributed by atoms with Gasteiger partial charge in [-0.25, -0.2) is 14.5 Å². The van der Waals surface area contributed by atoms with Crippen LogP contribution in [0.4, 0.5) is 10.5 Å². The lowest BCUT2D eigenvalue weighted by Gasteiger charge is -2.12. The van der Waals surface area contributed by atoms with E-state index in [2.05, 4.69) is 5.32 Å². The first-order valence-electron chi connectivity index (χ1n) is 9.61. The van der Waals surface area contributed by atoms with Gasteiger partial charge in [0.15, 0.2) is 18.1 Å². The maximum absolute atomic E-state index is 12.8. The van der Waals surface area contributed by atoms with Gasteiger partial charge < -0.3 is 19.5 Å². The summed E-state index contributed by atoms with van der Waals surface area (Å²) in [5, 5.41) is 3.07. The molecule has 0 aliphatic carbocycles. The standard InChI is InChI=1S/C22H21ClN2O6/c1-3-29-19-12-14(5-10-18(19)31-13-20(26)30-4-2)11-17-21(27)25(22(28)24-17)16-8-6-15(23)7-9-16/h5-12H,3-4,13H2,1-2H3,(H,24,28)/b17-11+. The largest absolute Gasteiger partial charge is 0.490 e. The summed E-state index contributed by atoms with van der Waals surface area (Å²) in [5.41, 5.74) is 1.13. The Morgan fingerprint density at radius 2 is 1.77 bits per heavy atom. The summed E-state index contributed by atoms with van der Waals surface area (Å²) in [6.07, 6.45) is 1.54. The highest BCUT2D eigenvalue weighted by Crippen LogP contribution is 2.30. The van der Waals surface area contributed by atoms with Crippen LogP contribution < -0.4 is 19.7 Å². The van der Waals surface area contributed by atoms with Crippen LogP contribution in [-0.4, -0.2) is 37.7 Å². The lowest BCUT2D eigenvalue weighted by molar-refractivity contribution is -0.145. The number of rotatable bonds is 8. The summed E-state index contributed by atoms with van der Waals surface area (Å²) in [5.74, 6) is -0.222. The summed E-state index contributed by atoms with van der Waals surface area (Å²) >= 11 is 5.87. The Balaban J connectivity index is 1.81. The average molecular weight is 445 g/mol. The first-order chi connectivity index (χ1) is 14.9. The van der Waals surface area contributed by atoms with Crippen molar-refractivity contribution in [3.8, 4) is 11.5 Å². The quantitative estimate of drug-likeness (QED) is 0.378. The molecule has 0 aromatic heterocycles. The maximum Gasteiger partial charge on any atom is 0.344 e. The van der Waals surface area contributed by atoms with Crippen molar-refractivity contribution < 1.29 is 28.6 Å². The van der Waals surface area contributed by atoms with Crippen LogP contribution in [0.1, 0.15) is 19.4 Å². The molecular formula is C22H21ClN2O6. The summed E-state index contributed by atoms with van der Waals surface area (Å²) < 4.78 is 15.9. The smallest absolute Gasteiger partial charge is 0.344 e. The molecule has 0 bridgehead atoms. The third-order valence-corrected chi connectivity index (χ3v) is 4.44. The molecule has 0 saturated carbocycles. The molecule has 9 heteroatoms. The van der Waals surface area contributed by atoms with Crippen LogP contribution in [0.15, 0.2) is 48.2 Å². The van der Waals surface area contributed by atoms with E-state index in [1.807, 2.05) is 6.92 Å². The lowest BCUT2D eigenvalue weighted by atomic mass is 10.1. The fourth-order valence-electron chi connectivity index (χ4n) is 2.87. The van der Waals surface area contributed by atoms with Crippen LogP contribution in [0.5, 0.6) is 11.5 Å². The molecule has 2 aromatic rings. The highest BCUT2D eigenvalue weighted by atomic mass is 35.5. The number of urea groups is 1. The normalized spacial score (nSPS) is 14.5. The Hall–Kier alpha value is -3.52. The molecule has 0 radical (unpaired) electrons. The van der Waals surface area contributed by atoms with Gasteiger partial charge in [-0.2, -0.15) is 0 Å². The van der Waals surface area contributed by atoms with E-state index in [1.165, 1.54) is 6.08 Å². The number of carbonyl (C=O) groups excluding carboxylic acids is 3. The van der Waals surface area contributed by atoms with E-state index in [0.29, 0.717) is 34.4 Å². The number of imide groups is 1. The summed E-state index contributed by atoms with van der Waals surface area (Å²) in [6, 6.07) is 10.8. The lowest BCUT2D eigenvalue weighted by Crippen LogP contribution is -2.30. The zero-order chi connectivity index (χ0) is 22.4. The predicted octanol–water partition coefficient (Wildman–Crippen LogP) is 3.78. The van der Waals surface area contributed by atoms with Crippen molar-refractivity contribution in [3.05, 3.63) is 58.7 Å². The van der Waals surface area contributed by atoms with Gasteiger partial charge in [-0.15, -0.1) is 0 Å². The van der Waals surface area contributed by atoms with E-state index in [-0.39, 0.29) is 18.9 Å². The first-order valence-corrected chi connectivity index (χ1v) is 9.98. The van der Waals surface area contributed by atoms with E-state index < -0.39 is 17.9 Å². The van der Waals surface area contributed by atoms with Gasteiger partial charge in [0.1, 0.15) is 5.70 Å². The molecule has 1 saturated heterocycles. The van der Waals surface area contributed by atoms with Crippen LogP contribution >= 0.6 is 11.6 Å². The SMILES string of the molecule is CCOC(=O)COc1ccc(/C=C2/NC(=O)N(c3ccc(Cl)cc3)C2=O)cc1OCC. The third kappa shape index (κ3) is 5.35. The number of nitrogens with one attached hydrogen (secondary N) is 1. The van der Waals surface area contributed by atoms with Crippen molar-refractivity contribution in [1.82, 2.24) is 5.32 Å². The van der Waals surface area contributed by atoms with E-state index in [4.69, 9.17) is 25.8 Å². The number of hydrogen-bond acceptors (Lipinski definition) is 6. The Morgan fingerprint density at radius 1 is 1.03 bits per heavy atom. The predicted molar refractivity (Wildman–Crippen MR) is 115 cm³/mol. The molecule has 162 valence electrons. The van der Waals surface area contributed by atoms with Crippen molar-refractivity contribution >= 4 is 41.3 Å². The van der Waals surface area contributed by atoms with Gasteiger partial charge in [-0.1, -0.05) is 17.7 Å². The van der Waals surface area contributed by atoms with Gasteiger partial charge in [0.25, 0.3) is 5.91 Å². The molecule has 0 atom stereocenters. The van der Waals surface area contributed by atoms with Crippen LogP contribution in [0.25, 0.3) is 6.08 Å². The number of halogens is 1. The molecular weight excluding hydrogens is 424 g/mol. The number of carbonyl (C=O) groups is 3. The number of anilines is 1. The first kappa shape index (κ1) is 22.2. The second-order valence-electron chi connectivity index (χ2n) is 6.34. The van der Waals surface area contributed by atoms with Crippen molar-refractivity contribution in [3.63, 3.8) is 0 Å². The zero-order valence-electron chi connectivity index (χ0n) is 17.0. The van der Waals surface area contributed by atoms with Crippen LogP contribution in [-0.2, 0) is 14.3 Å². The molecule has 31 heavy (non-hydrogen) atoms. The van der Waals surface area contributed by atoms with Gasteiger partial charge in [-0.05, 0) is 61.9 Å². The molecule has 1 heterocycles. The molecule has 1 fully saturated rings. The molecule has 8 nitrogen and oxygen atoms in total. The molecule has 3 amide bonds. The Bertz CT molecular complexity index is 1020. The summed E-state index contributed by atoms with van der Waals surface area (Å²) in [6.45, 7) is 3.91. The minimum atomic E-state index is -0.557. The Morgan fingerprint density at radius 3 is 2.45 bits per heavy atom. The monoisotopic (exact) mass is 444 g/mol. The van der Waals surface area contributed by atoms with Gasteiger partial charge in [-0.3, -0.25) is 4.79 Å². The average Bonchev–Trinajstić information content (AvgIpc) is 3.01. The zero-order valence-corrected chi connectivity index (χ0v) is 17.8. The fraction of sp³-hybridized carbons (Fsp3) is 0.227. The van der Waals surface area contributed by atoms with Crippen molar-refractivity contribution in [2.45, 2.75) is 13.8 Å². The molecule has 1 N–H and O–H groups in total. The molecule has 3 rings (SSSR count). The number of esters is 1. The highest BCUT2D eigenvalue weighted by molar-refractivity contribution is 6.31. The summed E-state index contributed by atoms with van der Waals surface area (Å²) in [4.78, 5) is 37.6. The minimum Gasteiger partial charge on any atom is -0.490 e. The molecule has 1 aliphatic rings. The Labute approximate surface area is 184 Å². The van der Waals surface area contributed by atoms with E-state index in [0.717, 1.165) is 4.90 Å². The van der Waals surface area contributed by atoms with Crippen LogP contribution in [0.2, 0.25) is 5.02 Å². The highest BCUT2D eigenvalue weighted by Gasteiger charge is 2.34. The van der Waals surface area contributed by atoms with Gasteiger partial charge in [0, 0.05) is 5.02 Å². The van der Waals surface area contributed by atoms with Gasteiger partial charge >= 0.3 is 12.0 Å². The number of nitrogens with zero attached hydrogens (tertiary/aromatic N) is 1. The Kier molecular flexibility index (Phi) is 7.15. The van der Waals surface area contributed by atoms with E-state index >= 15 is 0 Å². The molecule has 1 aliphatic heterocycles. The minimum absolute atomic E-state index is 0.114. The number of ether oxygens (including phenoxy) is 3. The summed E-state index contributed by atoms with van der Waals surface area (Å²) in [7, 11) is 0. The van der Waals surface area contributed by atoms with Gasteiger partial charge in [0.2, 0.25) is 0 Å². The number of amides is 3. The molecule has 2 aromatic carbocycles. The third-order valence-electron chi connectivity index (χ3n) is 4.19. The second-order valence-corrected chi connectivity index (χ2v) is 6.77. The van der Waals surface area contributed by atoms with E-state index in [1.54, 1.807) is 49.4 Å². The number of benzene rings is 2. The molecule has 0 spiro atoms. The molecule has 0 unspecified atom stereocenters. The van der Waals surface area contributed by atoms with Crippen LogP contribution in [0, 0.1) is 0 Å². The van der Waals surface area contributed by atoms with Crippen LogP contribution in [0.3, 0.4) is 0 Å².